The van der Waals surface area contributed by atoms with E-state index in [2.05, 4.69) is 22.9 Å². The van der Waals surface area contributed by atoms with Crippen molar-refractivity contribution in [1.82, 2.24) is 0 Å². The van der Waals surface area contributed by atoms with Gasteiger partial charge in [-0.2, -0.15) is 0 Å². The number of alkyl halides is 1. The smallest absolute Gasteiger partial charge is 0.133 e. The highest BCUT2D eigenvalue weighted by molar-refractivity contribution is 9.09. The summed E-state index contributed by atoms with van der Waals surface area (Å²) in [6, 6.07) is 0. The van der Waals surface area contributed by atoms with Crippen molar-refractivity contribution in [3.8, 4) is 0 Å². The van der Waals surface area contributed by atoms with Crippen molar-refractivity contribution in [2.24, 2.45) is 0 Å². The molecule has 1 nitrogen and oxygen atoms in total. The van der Waals surface area contributed by atoms with E-state index in [4.69, 9.17) is 0 Å². The number of hydrogen-bond donors (Lipinski definition) is 0. The number of carbonyl (C=O) groups excluding carboxylic acids is 1. The van der Waals surface area contributed by atoms with Crippen LogP contribution in [-0.2, 0) is 4.79 Å². The Morgan fingerprint density at radius 3 is 1.56 bits per heavy atom. The van der Waals surface area contributed by atoms with Gasteiger partial charge in [-0.3, -0.25) is 0 Å². The number of carbonyl (C=O) groups is 1. The Morgan fingerprint density at radius 1 is 0.778 bits per heavy atom. The first-order valence-electron chi connectivity index (χ1n) is 7.90. The van der Waals surface area contributed by atoms with E-state index in [9.17, 15) is 4.79 Å². The van der Waals surface area contributed by atoms with Gasteiger partial charge in [0.1, 0.15) is 6.29 Å². The van der Waals surface area contributed by atoms with E-state index in [-0.39, 0.29) is 4.83 Å². The van der Waals surface area contributed by atoms with Crippen molar-refractivity contribution in [3.05, 3.63) is 0 Å². The molecule has 0 saturated carbocycles. The third-order valence-electron chi connectivity index (χ3n) is 3.48. The lowest BCUT2D eigenvalue weighted by atomic mass is 10.0. The topological polar surface area (TPSA) is 17.1 Å². The normalized spacial score (nSPS) is 12.6. The first kappa shape index (κ1) is 18.1. The molecule has 0 spiro atoms. The molecule has 0 amide bonds. The highest BCUT2D eigenvalue weighted by Crippen LogP contribution is 2.14. The molecule has 0 aliphatic heterocycles. The van der Waals surface area contributed by atoms with Crippen LogP contribution >= 0.6 is 15.9 Å². The molecule has 0 fully saturated rings. The highest BCUT2D eigenvalue weighted by atomic mass is 79.9. The largest absolute Gasteiger partial charge is 0.302 e. The van der Waals surface area contributed by atoms with Crippen LogP contribution in [0.15, 0.2) is 0 Å². The zero-order valence-electron chi connectivity index (χ0n) is 12.1. The van der Waals surface area contributed by atoms with Gasteiger partial charge in [0.25, 0.3) is 0 Å². The number of hydrogen-bond acceptors (Lipinski definition) is 1. The number of halogens is 1. The monoisotopic (exact) mass is 318 g/mol. The summed E-state index contributed by atoms with van der Waals surface area (Å²) in [5.74, 6) is 0. The van der Waals surface area contributed by atoms with Crippen molar-refractivity contribution < 1.29 is 4.79 Å². The Balaban J connectivity index is 2.96. The molecule has 0 radical (unpaired) electrons. The lowest BCUT2D eigenvalue weighted by Crippen LogP contribution is -1.97. The number of unbranched alkanes of at least 4 members (excludes halogenated alkanes) is 11. The van der Waals surface area contributed by atoms with E-state index < -0.39 is 0 Å². The van der Waals surface area contributed by atoms with Gasteiger partial charge < -0.3 is 4.79 Å². The third-order valence-corrected chi connectivity index (χ3v) is 4.15. The fourth-order valence-corrected chi connectivity index (χ4v) is 2.57. The first-order valence-corrected chi connectivity index (χ1v) is 8.82. The maximum absolute atomic E-state index is 10.4. The van der Waals surface area contributed by atoms with Gasteiger partial charge in [-0.05, 0) is 6.42 Å². The molecule has 0 aliphatic rings. The van der Waals surface area contributed by atoms with Gasteiger partial charge in [0, 0.05) is 0 Å². The number of rotatable bonds is 14. The fourth-order valence-electron chi connectivity index (χ4n) is 2.25. The summed E-state index contributed by atoms with van der Waals surface area (Å²) < 4.78 is 0. The van der Waals surface area contributed by atoms with Crippen LogP contribution in [0.3, 0.4) is 0 Å². The minimum Gasteiger partial charge on any atom is -0.302 e. The Hall–Kier alpha value is 0.150. The maximum Gasteiger partial charge on any atom is 0.133 e. The molecule has 1 atom stereocenters. The maximum atomic E-state index is 10.4. The summed E-state index contributed by atoms with van der Waals surface area (Å²) in [5.41, 5.74) is 0. The van der Waals surface area contributed by atoms with Crippen LogP contribution in [0.1, 0.15) is 90.4 Å². The number of aldehydes is 1. The average Bonchev–Trinajstić information content (AvgIpc) is 2.39. The van der Waals surface area contributed by atoms with Crippen LogP contribution in [0.2, 0.25) is 0 Å². The molecular weight excluding hydrogens is 288 g/mol. The zero-order valence-corrected chi connectivity index (χ0v) is 13.7. The van der Waals surface area contributed by atoms with Gasteiger partial charge in [0.05, 0.1) is 4.83 Å². The van der Waals surface area contributed by atoms with E-state index in [0.29, 0.717) is 0 Å². The van der Waals surface area contributed by atoms with Gasteiger partial charge in [-0.1, -0.05) is 99.9 Å². The summed E-state index contributed by atoms with van der Waals surface area (Å²) in [6.07, 6.45) is 18.5. The molecule has 0 heterocycles. The Labute approximate surface area is 122 Å². The van der Waals surface area contributed by atoms with E-state index in [1.54, 1.807) is 0 Å². The van der Waals surface area contributed by atoms with Crippen LogP contribution in [0, 0.1) is 0 Å². The van der Waals surface area contributed by atoms with Gasteiger partial charge in [0.15, 0.2) is 0 Å². The minimum atomic E-state index is 0.0839. The molecule has 0 N–H and O–H groups in total. The molecule has 1 unspecified atom stereocenters. The quantitative estimate of drug-likeness (QED) is 0.217. The molecule has 0 aromatic rings. The first-order chi connectivity index (χ1) is 8.81. The molecule has 0 rings (SSSR count). The van der Waals surface area contributed by atoms with Gasteiger partial charge in [0.2, 0.25) is 0 Å². The van der Waals surface area contributed by atoms with Crippen LogP contribution < -0.4 is 0 Å². The van der Waals surface area contributed by atoms with Crippen molar-refractivity contribution in [1.29, 1.82) is 0 Å². The summed E-state index contributed by atoms with van der Waals surface area (Å²) in [5, 5.41) is 0. The molecule has 0 saturated heterocycles. The van der Waals surface area contributed by atoms with Crippen molar-refractivity contribution in [2.45, 2.75) is 95.2 Å². The molecule has 0 aliphatic carbocycles. The Bertz CT molecular complexity index is 170. The van der Waals surface area contributed by atoms with Crippen molar-refractivity contribution >= 4 is 22.2 Å². The van der Waals surface area contributed by atoms with Crippen molar-refractivity contribution in [3.63, 3.8) is 0 Å². The predicted molar refractivity (Wildman–Crippen MR) is 84.5 cm³/mol. The zero-order chi connectivity index (χ0) is 13.5. The molecular formula is C16H31BrO. The Kier molecular flexibility index (Phi) is 15.3. The van der Waals surface area contributed by atoms with Crippen LogP contribution in [0.4, 0.5) is 0 Å². The summed E-state index contributed by atoms with van der Waals surface area (Å²) in [7, 11) is 0. The van der Waals surface area contributed by atoms with Gasteiger partial charge in [-0.25, -0.2) is 0 Å². The van der Waals surface area contributed by atoms with E-state index in [0.717, 1.165) is 12.7 Å². The van der Waals surface area contributed by atoms with E-state index in [1.165, 1.54) is 77.0 Å². The van der Waals surface area contributed by atoms with Crippen LogP contribution in [0.5, 0.6) is 0 Å². The van der Waals surface area contributed by atoms with Crippen LogP contribution in [0.25, 0.3) is 0 Å². The van der Waals surface area contributed by atoms with Gasteiger partial charge >= 0.3 is 0 Å². The average molecular weight is 319 g/mol. The predicted octanol–water partition coefficient (Wildman–Crippen LogP) is 6.04. The fraction of sp³-hybridized carbons (Fsp3) is 0.938. The molecule has 18 heavy (non-hydrogen) atoms. The SMILES string of the molecule is CCCCCCCCCCCCCCC(Br)C=O. The van der Waals surface area contributed by atoms with E-state index >= 15 is 0 Å². The second-order valence-corrected chi connectivity index (χ2v) is 6.51. The molecule has 0 bridgehead atoms. The third kappa shape index (κ3) is 14.2. The lowest BCUT2D eigenvalue weighted by molar-refractivity contribution is -0.107. The summed E-state index contributed by atoms with van der Waals surface area (Å²) in [4.78, 5) is 10.5. The molecule has 0 aromatic heterocycles. The van der Waals surface area contributed by atoms with E-state index in [1.807, 2.05) is 0 Å². The lowest BCUT2D eigenvalue weighted by Gasteiger charge is -2.03. The highest BCUT2D eigenvalue weighted by Gasteiger charge is 2.00. The second-order valence-electron chi connectivity index (χ2n) is 5.33. The minimum absolute atomic E-state index is 0.0839. The summed E-state index contributed by atoms with van der Waals surface area (Å²) in [6.45, 7) is 2.27. The van der Waals surface area contributed by atoms with Crippen LogP contribution in [-0.4, -0.2) is 11.1 Å². The molecule has 0 aromatic carbocycles. The molecule has 108 valence electrons. The standard InChI is InChI=1S/C16H31BrO/c1-2-3-4-5-6-7-8-9-10-11-12-13-14-16(17)15-18/h15-16H,2-14H2,1H3. The van der Waals surface area contributed by atoms with Crippen molar-refractivity contribution in [2.75, 3.05) is 0 Å². The second kappa shape index (κ2) is 15.2. The Morgan fingerprint density at radius 2 is 1.17 bits per heavy atom. The molecule has 2 heteroatoms. The summed E-state index contributed by atoms with van der Waals surface area (Å²) >= 11 is 3.34. The van der Waals surface area contributed by atoms with Gasteiger partial charge in [-0.15, -0.1) is 0 Å².